The third-order valence-electron chi connectivity index (χ3n) is 3.54. The number of hydrogen-bond donors (Lipinski definition) is 1. The van der Waals surface area contributed by atoms with E-state index < -0.39 is 5.97 Å². The number of hydrogen-bond acceptors (Lipinski definition) is 3. The maximum Gasteiger partial charge on any atom is 0.354 e. The lowest BCUT2D eigenvalue weighted by atomic mass is 10.1. The largest absolute Gasteiger partial charge is 0.477 e. The molecule has 0 atom stereocenters. The Kier molecular flexibility index (Phi) is 2.85. The van der Waals surface area contributed by atoms with Gasteiger partial charge in [0.1, 0.15) is 5.82 Å². The molecule has 0 saturated heterocycles. The predicted octanol–water partition coefficient (Wildman–Crippen LogP) is 2.92. The molecule has 2 aromatic rings. The number of pyridine rings is 1. The molecule has 0 unspecified atom stereocenters. The molecule has 1 N–H and O–H groups in total. The molecule has 0 aliphatic heterocycles. The molecule has 0 radical (unpaired) electrons. The highest BCUT2D eigenvalue weighted by Gasteiger charge is 2.30. The van der Waals surface area contributed by atoms with Crippen LogP contribution < -0.4 is 4.90 Å². The molecule has 0 bridgehead atoms. The Morgan fingerprint density at radius 1 is 1.42 bits per heavy atom. The lowest BCUT2D eigenvalue weighted by Gasteiger charge is -2.23. The molecule has 1 fully saturated rings. The van der Waals surface area contributed by atoms with Gasteiger partial charge in [-0.05, 0) is 31.2 Å². The third kappa shape index (κ3) is 2.14. The van der Waals surface area contributed by atoms with E-state index in [-0.39, 0.29) is 5.69 Å². The van der Waals surface area contributed by atoms with Crippen molar-refractivity contribution >= 4 is 22.6 Å². The smallest absolute Gasteiger partial charge is 0.354 e. The van der Waals surface area contributed by atoms with Crippen molar-refractivity contribution < 1.29 is 9.90 Å². The zero-order valence-corrected chi connectivity index (χ0v) is 10.8. The minimum absolute atomic E-state index is 0.118. The van der Waals surface area contributed by atoms with E-state index in [1.54, 1.807) is 6.07 Å². The second kappa shape index (κ2) is 4.53. The highest BCUT2D eigenvalue weighted by Crippen LogP contribution is 2.34. The molecule has 1 saturated carbocycles. The summed E-state index contributed by atoms with van der Waals surface area (Å²) in [6.45, 7) is 2.94. The van der Waals surface area contributed by atoms with Crippen molar-refractivity contribution in [3.8, 4) is 0 Å². The molecule has 1 aromatic heterocycles. The average Bonchev–Trinajstić information content (AvgIpc) is 3.24. The number of anilines is 1. The summed E-state index contributed by atoms with van der Waals surface area (Å²) in [7, 11) is 0. The molecule has 19 heavy (non-hydrogen) atoms. The van der Waals surface area contributed by atoms with E-state index in [0.717, 1.165) is 23.1 Å². The summed E-state index contributed by atoms with van der Waals surface area (Å²) < 4.78 is 0. The van der Waals surface area contributed by atoms with Crippen LogP contribution in [-0.2, 0) is 0 Å². The molecule has 3 rings (SSSR count). The summed E-state index contributed by atoms with van der Waals surface area (Å²) in [6.07, 6.45) is 2.34. The summed E-state index contributed by atoms with van der Waals surface area (Å²) in [5.74, 6) is -0.167. The highest BCUT2D eigenvalue weighted by molar-refractivity contribution is 5.98. The Bertz CT molecular complexity index is 635. The summed E-state index contributed by atoms with van der Waals surface area (Å²) in [5.41, 5.74) is 0.118. The number of carbonyl (C=O) groups is 1. The summed E-state index contributed by atoms with van der Waals surface area (Å²) in [6, 6.07) is 9.99. The third-order valence-corrected chi connectivity index (χ3v) is 3.54. The number of aromatic nitrogens is 1. The van der Waals surface area contributed by atoms with Crippen LogP contribution in [0, 0.1) is 0 Å². The minimum Gasteiger partial charge on any atom is -0.477 e. The first kappa shape index (κ1) is 12.0. The molecule has 0 spiro atoms. The van der Waals surface area contributed by atoms with Crippen LogP contribution in [0.1, 0.15) is 30.3 Å². The van der Waals surface area contributed by atoms with Crippen LogP contribution in [0.15, 0.2) is 30.3 Å². The van der Waals surface area contributed by atoms with E-state index in [2.05, 4.69) is 16.8 Å². The lowest BCUT2D eigenvalue weighted by Crippen LogP contribution is -2.26. The Hall–Kier alpha value is -2.10. The van der Waals surface area contributed by atoms with Crippen LogP contribution >= 0.6 is 0 Å². The van der Waals surface area contributed by atoms with Crippen molar-refractivity contribution in [2.75, 3.05) is 11.4 Å². The summed E-state index contributed by atoms with van der Waals surface area (Å²) in [5, 5.41) is 11.2. The van der Waals surface area contributed by atoms with Gasteiger partial charge in [0.2, 0.25) is 0 Å². The van der Waals surface area contributed by atoms with Crippen LogP contribution in [0.5, 0.6) is 0 Å². The van der Waals surface area contributed by atoms with Gasteiger partial charge in [0.05, 0.1) is 0 Å². The van der Waals surface area contributed by atoms with Crippen molar-refractivity contribution in [3.05, 3.63) is 36.0 Å². The fraction of sp³-hybridized carbons (Fsp3) is 0.333. The second-order valence-electron chi connectivity index (χ2n) is 4.87. The molecule has 1 aliphatic carbocycles. The van der Waals surface area contributed by atoms with Gasteiger partial charge in [-0.3, -0.25) is 0 Å². The van der Waals surface area contributed by atoms with Crippen molar-refractivity contribution in [1.82, 2.24) is 4.98 Å². The molecule has 1 heterocycles. The highest BCUT2D eigenvalue weighted by atomic mass is 16.4. The second-order valence-corrected chi connectivity index (χ2v) is 4.87. The fourth-order valence-corrected chi connectivity index (χ4v) is 2.48. The van der Waals surface area contributed by atoms with E-state index >= 15 is 0 Å². The number of carboxylic acids is 1. The summed E-state index contributed by atoms with van der Waals surface area (Å²) >= 11 is 0. The van der Waals surface area contributed by atoms with Gasteiger partial charge in [0, 0.05) is 18.0 Å². The molecule has 0 amide bonds. The normalized spacial score (nSPS) is 14.6. The molecule has 98 valence electrons. The van der Waals surface area contributed by atoms with Gasteiger partial charge in [0.25, 0.3) is 0 Å². The van der Waals surface area contributed by atoms with Gasteiger partial charge in [-0.25, -0.2) is 9.78 Å². The number of rotatable bonds is 4. The zero-order chi connectivity index (χ0) is 13.4. The number of nitrogens with zero attached hydrogens (tertiary/aromatic N) is 2. The summed E-state index contributed by atoms with van der Waals surface area (Å²) in [4.78, 5) is 17.8. The standard InChI is InChI=1S/C15H16N2O2/c1-2-17(11-7-8-11)14-12-6-4-3-5-10(12)9-13(16-14)15(18)19/h3-6,9,11H,2,7-8H2,1H3,(H,18,19). The monoisotopic (exact) mass is 256 g/mol. The molecule has 1 aliphatic rings. The maximum absolute atomic E-state index is 11.2. The van der Waals surface area contributed by atoms with Crippen LogP contribution in [0.25, 0.3) is 10.8 Å². The Labute approximate surface area is 111 Å². The molecular formula is C15H16N2O2. The number of fused-ring (bicyclic) bond motifs is 1. The van der Waals surface area contributed by atoms with E-state index in [0.29, 0.717) is 6.04 Å². The Morgan fingerprint density at radius 3 is 2.79 bits per heavy atom. The first-order chi connectivity index (χ1) is 9.20. The van der Waals surface area contributed by atoms with Gasteiger partial charge < -0.3 is 10.0 Å². The van der Waals surface area contributed by atoms with Crippen molar-refractivity contribution in [1.29, 1.82) is 0 Å². The zero-order valence-electron chi connectivity index (χ0n) is 10.8. The molecule has 1 aromatic carbocycles. The van der Waals surface area contributed by atoms with Crippen LogP contribution in [0.4, 0.5) is 5.82 Å². The van der Waals surface area contributed by atoms with Crippen LogP contribution in [0.2, 0.25) is 0 Å². The van der Waals surface area contributed by atoms with Crippen molar-refractivity contribution in [2.24, 2.45) is 0 Å². The van der Waals surface area contributed by atoms with Crippen LogP contribution in [0.3, 0.4) is 0 Å². The molecular weight excluding hydrogens is 240 g/mol. The van der Waals surface area contributed by atoms with Gasteiger partial charge in [-0.1, -0.05) is 24.3 Å². The van der Waals surface area contributed by atoms with Gasteiger partial charge in [-0.2, -0.15) is 0 Å². The van der Waals surface area contributed by atoms with Crippen LogP contribution in [-0.4, -0.2) is 28.6 Å². The first-order valence-electron chi connectivity index (χ1n) is 6.60. The van der Waals surface area contributed by atoms with E-state index in [1.807, 2.05) is 24.3 Å². The SMILES string of the molecule is CCN(c1nc(C(=O)O)cc2ccccc12)C1CC1. The topological polar surface area (TPSA) is 53.4 Å². The number of aromatic carboxylic acids is 1. The fourth-order valence-electron chi connectivity index (χ4n) is 2.48. The van der Waals surface area contributed by atoms with Gasteiger partial charge in [0.15, 0.2) is 5.69 Å². The van der Waals surface area contributed by atoms with Gasteiger partial charge >= 0.3 is 5.97 Å². The quantitative estimate of drug-likeness (QED) is 0.913. The maximum atomic E-state index is 11.2. The van der Waals surface area contributed by atoms with E-state index in [9.17, 15) is 9.90 Å². The van der Waals surface area contributed by atoms with Gasteiger partial charge in [-0.15, -0.1) is 0 Å². The molecule has 4 heteroatoms. The molecule has 4 nitrogen and oxygen atoms in total. The van der Waals surface area contributed by atoms with E-state index in [1.165, 1.54) is 12.8 Å². The minimum atomic E-state index is -0.973. The Morgan fingerprint density at radius 2 is 2.16 bits per heavy atom. The van der Waals surface area contributed by atoms with Crippen molar-refractivity contribution in [3.63, 3.8) is 0 Å². The first-order valence-corrected chi connectivity index (χ1v) is 6.60. The average molecular weight is 256 g/mol. The predicted molar refractivity (Wildman–Crippen MR) is 74.7 cm³/mol. The lowest BCUT2D eigenvalue weighted by molar-refractivity contribution is 0.0691. The Balaban J connectivity index is 2.22. The van der Waals surface area contributed by atoms with E-state index in [4.69, 9.17) is 0 Å². The number of carboxylic acid groups (broad SMARTS) is 1. The van der Waals surface area contributed by atoms with Crippen molar-refractivity contribution in [2.45, 2.75) is 25.8 Å². The number of benzene rings is 1.